The van der Waals surface area contributed by atoms with Crippen molar-refractivity contribution in [2.75, 3.05) is 19.1 Å². The maximum absolute atomic E-state index is 6.38. The van der Waals surface area contributed by atoms with Crippen molar-refractivity contribution in [3.63, 3.8) is 0 Å². The highest BCUT2D eigenvalue weighted by Gasteiger charge is 2.12. The Hall–Kier alpha value is -1.73. The van der Waals surface area contributed by atoms with E-state index in [0.717, 1.165) is 30.7 Å². The second-order valence-corrected chi connectivity index (χ2v) is 6.10. The maximum atomic E-state index is 6.38. The molecule has 0 atom stereocenters. The minimum absolute atomic E-state index is 0.494. The standard InChI is InChI=1S/C16H23ClN4O2S/c1-4-6-15-19-20-16(24)21(15)18-10-11-8-13(22-3)14(9-12(11)17)23-7-5-2/h8-9,18H,4-7,10H2,1-3H3,(H,20,24). The van der Waals surface area contributed by atoms with Crippen LogP contribution in [0.5, 0.6) is 11.5 Å². The average Bonchev–Trinajstić information content (AvgIpc) is 2.92. The average molecular weight is 371 g/mol. The number of hydrogen-bond donors (Lipinski definition) is 2. The summed E-state index contributed by atoms with van der Waals surface area (Å²) in [7, 11) is 1.62. The number of nitrogens with one attached hydrogen (secondary N) is 2. The quantitative estimate of drug-likeness (QED) is 0.651. The van der Waals surface area contributed by atoms with E-state index in [1.165, 1.54) is 0 Å². The lowest BCUT2D eigenvalue weighted by molar-refractivity contribution is 0.294. The van der Waals surface area contributed by atoms with Gasteiger partial charge in [0.2, 0.25) is 4.77 Å². The van der Waals surface area contributed by atoms with Gasteiger partial charge in [-0.3, -0.25) is 5.10 Å². The first kappa shape index (κ1) is 18.6. The Morgan fingerprint density at radius 1 is 1.29 bits per heavy atom. The molecule has 2 N–H and O–H groups in total. The largest absolute Gasteiger partial charge is 0.493 e. The van der Waals surface area contributed by atoms with Crippen molar-refractivity contribution in [2.45, 2.75) is 39.7 Å². The van der Waals surface area contributed by atoms with Gasteiger partial charge in [0.05, 0.1) is 20.3 Å². The Labute approximate surface area is 152 Å². The van der Waals surface area contributed by atoms with Gasteiger partial charge in [-0.1, -0.05) is 25.4 Å². The van der Waals surface area contributed by atoms with Gasteiger partial charge in [0.15, 0.2) is 17.3 Å². The molecule has 0 spiro atoms. The number of halogens is 1. The van der Waals surface area contributed by atoms with Crippen LogP contribution in [-0.2, 0) is 13.0 Å². The summed E-state index contributed by atoms with van der Waals surface area (Å²) in [4.78, 5) is 0. The summed E-state index contributed by atoms with van der Waals surface area (Å²) in [5.41, 5.74) is 4.15. The smallest absolute Gasteiger partial charge is 0.214 e. The molecule has 0 saturated carbocycles. The molecule has 24 heavy (non-hydrogen) atoms. The third kappa shape index (κ3) is 4.42. The van der Waals surface area contributed by atoms with Crippen LogP contribution >= 0.6 is 23.8 Å². The molecule has 0 aliphatic heterocycles. The Balaban J connectivity index is 2.18. The summed E-state index contributed by atoms with van der Waals surface area (Å²) in [6.07, 6.45) is 2.74. The number of rotatable bonds is 9. The number of hydrogen-bond acceptors (Lipinski definition) is 5. The minimum atomic E-state index is 0.494. The van der Waals surface area contributed by atoms with E-state index in [-0.39, 0.29) is 0 Å². The number of aryl methyl sites for hydroxylation is 1. The zero-order valence-corrected chi connectivity index (χ0v) is 15.8. The Morgan fingerprint density at radius 3 is 2.75 bits per heavy atom. The molecule has 2 rings (SSSR count). The summed E-state index contributed by atoms with van der Waals surface area (Å²) in [5.74, 6) is 2.18. The van der Waals surface area contributed by atoms with E-state index >= 15 is 0 Å². The Kier molecular flexibility index (Phi) is 6.93. The highest BCUT2D eigenvalue weighted by atomic mass is 35.5. The fourth-order valence-corrected chi connectivity index (χ4v) is 2.68. The summed E-state index contributed by atoms with van der Waals surface area (Å²) >= 11 is 11.6. The lowest BCUT2D eigenvalue weighted by Crippen LogP contribution is -2.18. The van der Waals surface area contributed by atoms with Crippen molar-refractivity contribution >= 4 is 23.8 Å². The van der Waals surface area contributed by atoms with Crippen molar-refractivity contribution in [3.05, 3.63) is 33.3 Å². The third-order valence-electron chi connectivity index (χ3n) is 3.44. The van der Waals surface area contributed by atoms with Crippen molar-refractivity contribution in [3.8, 4) is 11.5 Å². The predicted octanol–water partition coefficient (Wildman–Crippen LogP) is 4.09. The molecule has 0 amide bonds. The summed E-state index contributed by atoms with van der Waals surface area (Å²) in [5, 5.41) is 7.64. The molecule has 6 nitrogen and oxygen atoms in total. The molecule has 132 valence electrons. The fraction of sp³-hybridized carbons (Fsp3) is 0.500. The molecule has 0 saturated heterocycles. The first-order valence-electron chi connectivity index (χ1n) is 8.00. The molecule has 8 heteroatoms. The summed E-state index contributed by atoms with van der Waals surface area (Å²) < 4.78 is 13.4. The molecule has 0 aliphatic carbocycles. The van der Waals surface area contributed by atoms with Crippen LogP contribution in [0.4, 0.5) is 0 Å². The van der Waals surface area contributed by atoms with Crippen molar-refractivity contribution in [2.24, 2.45) is 0 Å². The van der Waals surface area contributed by atoms with Gasteiger partial charge in [-0.25, -0.2) is 4.68 Å². The van der Waals surface area contributed by atoms with Crippen LogP contribution in [0.1, 0.15) is 38.1 Å². The number of H-pyrrole nitrogens is 1. The molecule has 1 heterocycles. The molecule has 0 bridgehead atoms. The monoisotopic (exact) mass is 370 g/mol. The van der Waals surface area contributed by atoms with E-state index in [4.69, 9.17) is 33.3 Å². The van der Waals surface area contributed by atoms with Crippen LogP contribution < -0.4 is 14.9 Å². The van der Waals surface area contributed by atoms with Crippen molar-refractivity contribution < 1.29 is 9.47 Å². The van der Waals surface area contributed by atoms with Crippen LogP contribution in [0, 0.1) is 4.77 Å². The molecule has 1 aromatic carbocycles. The molecular formula is C16H23ClN4O2S. The van der Waals surface area contributed by atoms with Gasteiger partial charge in [0.25, 0.3) is 0 Å². The Bertz CT molecular complexity index is 729. The van der Waals surface area contributed by atoms with Crippen LogP contribution in [0.3, 0.4) is 0 Å². The van der Waals surface area contributed by atoms with E-state index in [2.05, 4.69) is 29.5 Å². The number of benzene rings is 1. The molecule has 1 aromatic heterocycles. The van der Waals surface area contributed by atoms with Gasteiger partial charge in [-0.05, 0) is 36.7 Å². The normalized spacial score (nSPS) is 10.7. The predicted molar refractivity (Wildman–Crippen MR) is 98.3 cm³/mol. The van der Waals surface area contributed by atoms with Gasteiger partial charge in [-0.2, -0.15) is 5.10 Å². The highest BCUT2D eigenvalue weighted by molar-refractivity contribution is 7.71. The summed E-state index contributed by atoms with van der Waals surface area (Å²) in [6, 6.07) is 3.66. The molecule has 0 fully saturated rings. The van der Waals surface area contributed by atoms with Gasteiger partial charge in [-0.15, -0.1) is 0 Å². The van der Waals surface area contributed by atoms with Gasteiger partial charge >= 0.3 is 0 Å². The SMILES string of the molecule is CCCOc1cc(Cl)c(CNn2c(CCC)n[nH]c2=S)cc1OC. The first-order chi connectivity index (χ1) is 11.6. The zero-order valence-electron chi connectivity index (χ0n) is 14.2. The van der Waals surface area contributed by atoms with Crippen LogP contribution in [-0.4, -0.2) is 28.6 Å². The highest BCUT2D eigenvalue weighted by Crippen LogP contribution is 2.33. The van der Waals surface area contributed by atoms with E-state index in [1.807, 2.05) is 6.07 Å². The topological polar surface area (TPSA) is 64.1 Å². The van der Waals surface area contributed by atoms with E-state index < -0.39 is 0 Å². The molecule has 0 aliphatic rings. The molecule has 2 aromatic rings. The second-order valence-electron chi connectivity index (χ2n) is 5.31. The van der Waals surface area contributed by atoms with Crippen molar-refractivity contribution in [1.29, 1.82) is 0 Å². The number of aromatic nitrogens is 3. The molecular weight excluding hydrogens is 348 g/mol. The van der Waals surface area contributed by atoms with E-state index in [0.29, 0.717) is 34.4 Å². The van der Waals surface area contributed by atoms with E-state index in [9.17, 15) is 0 Å². The zero-order chi connectivity index (χ0) is 17.5. The van der Waals surface area contributed by atoms with Crippen LogP contribution in [0.15, 0.2) is 12.1 Å². The van der Waals surface area contributed by atoms with Crippen molar-refractivity contribution in [1.82, 2.24) is 14.9 Å². The maximum Gasteiger partial charge on any atom is 0.214 e. The van der Waals surface area contributed by atoms with Gasteiger partial charge in [0, 0.05) is 17.5 Å². The van der Waals surface area contributed by atoms with Crippen LogP contribution in [0.2, 0.25) is 5.02 Å². The van der Waals surface area contributed by atoms with Crippen LogP contribution in [0.25, 0.3) is 0 Å². The number of aromatic amines is 1. The molecule has 0 radical (unpaired) electrons. The molecule has 0 unspecified atom stereocenters. The fourth-order valence-electron chi connectivity index (χ4n) is 2.25. The lowest BCUT2D eigenvalue weighted by atomic mass is 10.2. The summed E-state index contributed by atoms with van der Waals surface area (Å²) in [6.45, 7) is 5.26. The minimum Gasteiger partial charge on any atom is -0.493 e. The van der Waals surface area contributed by atoms with Gasteiger partial charge in [0.1, 0.15) is 0 Å². The Morgan fingerprint density at radius 2 is 2.08 bits per heavy atom. The number of ether oxygens (including phenoxy) is 2. The van der Waals surface area contributed by atoms with E-state index in [1.54, 1.807) is 17.9 Å². The lowest BCUT2D eigenvalue weighted by Gasteiger charge is -2.15. The number of nitrogens with zero attached hydrogens (tertiary/aromatic N) is 2. The second kappa shape index (κ2) is 8.94. The third-order valence-corrected chi connectivity index (χ3v) is 4.06. The number of methoxy groups -OCH3 is 1. The first-order valence-corrected chi connectivity index (χ1v) is 8.78. The van der Waals surface area contributed by atoms with Gasteiger partial charge < -0.3 is 14.9 Å².